The van der Waals surface area contributed by atoms with E-state index in [4.69, 9.17) is 73.9 Å². The van der Waals surface area contributed by atoms with Gasteiger partial charge in [-0.3, -0.25) is 82.5 Å². The molecule has 0 saturated carbocycles. The Morgan fingerprint density at radius 3 is 1.08 bits per heavy atom. The van der Waals surface area contributed by atoms with Gasteiger partial charge >= 0.3 is 11.9 Å². The number of aliphatic hydroxyl groups is 1. The Bertz CT molecular complexity index is 2770. The summed E-state index contributed by atoms with van der Waals surface area (Å²) in [6.45, 7) is 1.84. The number of nitrogens with two attached hydrogens (primary N) is 12. The van der Waals surface area contributed by atoms with E-state index in [0.29, 0.717) is 12.8 Å². The predicted molar refractivity (Wildman–Crippen MR) is 355 cm³/mol. The summed E-state index contributed by atoms with van der Waals surface area (Å²) in [5.41, 5.74) is 66.8. The second kappa shape index (κ2) is 46.1. The SMILES string of the molecule is C[C@H](NC(=O)[C@H](CCCCN)NC(=O)[C@H](CCCN=C(N)N)NC(=O)[C@H](CCCN=C(N)N)NC(=O)[C@H](CCCN=C(N)N)NC(=O)[C@H](CCC(=O)O)NC(=O)[C@H](CCCN=C(N)N)NC(=O)[C@@H]1CCCN1C(=O)[C@@H](N)[C@@H](C)O)C(=O)N[C@@H](CCCN=C(N)N)C(=O)NCC(=O)O. The summed E-state index contributed by atoms with van der Waals surface area (Å²) in [5, 5.41) is 51.5. The molecule has 1 aliphatic heterocycles. The van der Waals surface area contributed by atoms with E-state index in [1.807, 2.05) is 0 Å². The zero-order chi connectivity index (χ0) is 73.3. The summed E-state index contributed by atoms with van der Waals surface area (Å²) in [6, 6.07) is -14.6. The van der Waals surface area contributed by atoms with E-state index in [9.17, 15) is 67.7 Å². The molecule has 1 aliphatic rings. The summed E-state index contributed by atoms with van der Waals surface area (Å²) < 4.78 is 0. The highest BCUT2D eigenvalue weighted by Crippen LogP contribution is 2.20. The highest BCUT2D eigenvalue weighted by molar-refractivity contribution is 5.99. The number of likely N-dealkylation sites (tertiary alicyclic amines) is 1. The Labute approximate surface area is 560 Å². The number of rotatable bonds is 48. The molecule has 548 valence electrons. The lowest BCUT2D eigenvalue weighted by Gasteiger charge is -2.30. The van der Waals surface area contributed by atoms with Crippen molar-refractivity contribution in [2.75, 3.05) is 52.4 Å². The molecule has 36 N–H and O–H groups in total. The van der Waals surface area contributed by atoms with Crippen LogP contribution in [0.4, 0.5) is 0 Å². The maximum absolute atomic E-state index is 14.7. The molecule has 97 heavy (non-hydrogen) atoms. The first-order valence-corrected chi connectivity index (χ1v) is 31.5. The summed E-state index contributed by atoms with van der Waals surface area (Å²) in [5.74, 6) is -13.5. The molecule has 0 radical (unpaired) electrons. The Morgan fingerprint density at radius 1 is 0.433 bits per heavy atom. The molecule has 1 heterocycles. The van der Waals surface area contributed by atoms with Gasteiger partial charge in [0.05, 0.1) is 6.10 Å². The number of nitrogens with zero attached hydrogens (tertiary/aromatic N) is 6. The van der Waals surface area contributed by atoms with Crippen molar-refractivity contribution < 1.29 is 72.9 Å². The minimum absolute atomic E-state index is 0.00253. The number of guanidine groups is 5. The van der Waals surface area contributed by atoms with Crippen molar-refractivity contribution in [1.82, 2.24) is 52.8 Å². The normalized spacial score (nSPS) is 15.5. The Morgan fingerprint density at radius 2 is 0.753 bits per heavy atom. The van der Waals surface area contributed by atoms with E-state index in [0.717, 1.165) is 0 Å². The van der Waals surface area contributed by atoms with Gasteiger partial charge in [0, 0.05) is 45.7 Å². The van der Waals surface area contributed by atoms with E-state index < -0.39 is 157 Å². The topological polar surface area (TPSA) is 751 Å². The maximum atomic E-state index is 14.7. The number of carbonyl (C=O) groups is 12. The summed E-state index contributed by atoms with van der Waals surface area (Å²) in [6.07, 6.45) is -2.23. The van der Waals surface area contributed by atoms with Gasteiger partial charge in [0.25, 0.3) is 0 Å². The van der Waals surface area contributed by atoms with Gasteiger partial charge in [-0.15, -0.1) is 0 Å². The lowest BCUT2D eigenvalue weighted by atomic mass is 10.0. The first-order valence-electron chi connectivity index (χ1n) is 31.5. The second-order valence-electron chi connectivity index (χ2n) is 22.7. The zero-order valence-electron chi connectivity index (χ0n) is 54.9. The fourth-order valence-corrected chi connectivity index (χ4v) is 9.45. The van der Waals surface area contributed by atoms with Crippen LogP contribution in [0.1, 0.15) is 123 Å². The van der Waals surface area contributed by atoms with Gasteiger partial charge in [-0.1, -0.05) is 0 Å². The minimum atomic E-state index is -1.74. The monoisotopic (exact) mass is 1380 g/mol. The number of aliphatic carboxylic acids is 2. The molecule has 1 fully saturated rings. The van der Waals surface area contributed by atoms with Crippen molar-refractivity contribution in [3.05, 3.63) is 0 Å². The molecule has 10 amide bonds. The van der Waals surface area contributed by atoms with Crippen LogP contribution in [-0.4, -0.2) is 240 Å². The first-order chi connectivity index (χ1) is 45.7. The zero-order valence-corrected chi connectivity index (χ0v) is 54.9. The molecule has 0 aromatic heterocycles. The van der Waals surface area contributed by atoms with Crippen LogP contribution in [0.5, 0.6) is 0 Å². The maximum Gasteiger partial charge on any atom is 0.322 e. The van der Waals surface area contributed by atoms with E-state index in [-0.39, 0.29) is 159 Å². The smallest absolute Gasteiger partial charge is 0.322 e. The van der Waals surface area contributed by atoms with Gasteiger partial charge in [0.1, 0.15) is 67.0 Å². The largest absolute Gasteiger partial charge is 0.481 e. The molecule has 1 rings (SSSR count). The average molecular weight is 1380 g/mol. The fourth-order valence-electron chi connectivity index (χ4n) is 9.45. The van der Waals surface area contributed by atoms with Crippen LogP contribution in [0.15, 0.2) is 25.0 Å². The van der Waals surface area contributed by atoms with E-state index in [1.165, 1.54) is 18.7 Å². The van der Waals surface area contributed by atoms with Crippen molar-refractivity contribution in [3.63, 3.8) is 0 Å². The summed E-state index contributed by atoms with van der Waals surface area (Å²) in [7, 11) is 0. The quantitative estimate of drug-likeness (QED) is 0.0153. The highest BCUT2D eigenvalue weighted by Gasteiger charge is 2.40. The van der Waals surface area contributed by atoms with Crippen LogP contribution in [0, 0.1) is 0 Å². The van der Waals surface area contributed by atoms with Gasteiger partial charge in [0.15, 0.2) is 29.8 Å². The van der Waals surface area contributed by atoms with Crippen molar-refractivity contribution in [3.8, 4) is 0 Å². The van der Waals surface area contributed by atoms with Gasteiger partial charge in [-0.25, -0.2) is 0 Å². The van der Waals surface area contributed by atoms with Crippen molar-refractivity contribution in [2.24, 2.45) is 93.8 Å². The number of nitrogens with one attached hydrogen (secondary N) is 9. The number of hydrogen-bond donors (Lipinski definition) is 24. The third-order valence-electron chi connectivity index (χ3n) is 14.6. The number of carboxylic acid groups (broad SMARTS) is 2. The van der Waals surface area contributed by atoms with Crippen LogP contribution in [0.25, 0.3) is 0 Å². The molecule has 11 atom stereocenters. The molecule has 0 bridgehead atoms. The standard InChI is InChI=1S/C55H103N27O15/c1-28(41(88)75-30(12-5-21-68-51(58)59)42(89)73-27-39(86)87)74-43(90)31(11-3-4-20-56)76-44(91)32(13-6-22-69-52(60)61)77-45(92)33(14-7-23-70-53(62)63)78-46(93)34(15-8-24-71-54(64)65)79-48(95)36(18-19-38(84)85)80-47(94)35(16-9-25-72-55(66)67)81-49(96)37-17-10-26-82(37)50(97)40(57)29(2)83/h28-37,40,83H,3-27,56-57H2,1-2H3,(H,73,89)(H,74,90)(H,75,88)(H,76,91)(H,77,92)(H,78,93)(H,79,95)(H,80,94)(H,81,96)(H,84,85)(H,86,87)(H4,58,59,68)(H4,60,61,69)(H4,62,63,70)(H4,64,65,71)(H4,66,67,72)/t28-,29+,30-,31-,32-,33-,34-,35-,36-,37-,40-/m0/s1. The third kappa shape index (κ3) is 35.8. The van der Waals surface area contributed by atoms with Crippen molar-refractivity contribution in [2.45, 2.75) is 190 Å². The van der Waals surface area contributed by atoms with Crippen LogP contribution in [0.2, 0.25) is 0 Å². The molecule has 1 saturated heterocycles. The predicted octanol–water partition coefficient (Wildman–Crippen LogP) is -11.0. The molecule has 0 aromatic rings. The van der Waals surface area contributed by atoms with Gasteiger partial charge in [0.2, 0.25) is 59.1 Å². The number of amides is 10. The summed E-state index contributed by atoms with van der Waals surface area (Å²) in [4.78, 5) is 184. The molecular formula is C55H103N27O15. The fraction of sp³-hybridized carbons (Fsp3) is 0.691. The number of unbranched alkanes of at least 4 members (excludes halogenated alkanes) is 1. The van der Waals surface area contributed by atoms with E-state index in [2.05, 4.69) is 72.8 Å². The third-order valence-corrected chi connectivity index (χ3v) is 14.6. The second-order valence-corrected chi connectivity index (χ2v) is 22.7. The lowest BCUT2D eigenvalue weighted by molar-refractivity contribution is -0.142. The number of hydrogen-bond acceptors (Lipinski definition) is 20. The van der Waals surface area contributed by atoms with E-state index in [1.54, 1.807) is 0 Å². The number of aliphatic hydroxyl groups excluding tert-OH is 1. The molecule has 42 nitrogen and oxygen atoms in total. The van der Waals surface area contributed by atoms with Gasteiger partial charge < -0.3 is 137 Å². The summed E-state index contributed by atoms with van der Waals surface area (Å²) >= 11 is 0. The van der Waals surface area contributed by atoms with Crippen LogP contribution in [-0.2, 0) is 57.5 Å². The van der Waals surface area contributed by atoms with Crippen LogP contribution < -0.4 is 117 Å². The lowest BCUT2D eigenvalue weighted by Crippen LogP contribution is -2.60. The molecule has 0 unspecified atom stereocenters. The van der Waals surface area contributed by atoms with Crippen molar-refractivity contribution in [1.29, 1.82) is 0 Å². The Balaban J connectivity index is 3.82. The molecular weight excluding hydrogens is 1280 g/mol. The number of carbonyl (C=O) groups excluding carboxylic acids is 10. The van der Waals surface area contributed by atoms with E-state index >= 15 is 0 Å². The van der Waals surface area contributed by atoms with Crippen LogP contribution in [0.3, 0.4) is 0 Å². The van der Waals surface area contributed by atoms with Crippen molar-refractivity contribution >= 4 is 101 Å². The minimum Gasteiger partial charge on any atom is -0.481 e. The Hall–Kier alpha value is -10.1. The van der Waals surface area contributed by atoms with Gasteiger partial charge in [-0.05, 0) is 123 Å². The van der Waals surface area contributed by atoms with Crippen LogP contribution >= 0.6 is 0 Å². The molecule has 42 heteroatoms. The highest BCUT2D eigenvalue weighted by atomic mass is 16.4. The van der Waals surface area contributed by atoms with Gasteiger partial charge in [-0.2, -0.15) is 0 Å². The number of carboxylic acids is 2. The average Bonchev–Trinajstić information content (AvgIpc) is 1.55. The first kappa shape index (κ1) is 84.9. The molecule has 0 spiro atoms. The number of aliphatic imine (C=N–C) groups is 5. The Kier molecular flexibility index (Phi) is 40.3. The molecule has 0 aliphatic carbocycles. The molecule has 0 aromatic carbocycles.